The van der Waals surface area contributed by atoms with Gasteiger partial charge >= 0.3 is 5.95 Å². The highest BCUT2D eigenvalue weighted by Gasteiger charge is 2.11. The Hall–Kier alpha value is -1.12. The van der Waals surface area contributed by atoms with Crippen LogP contribution in [0.3, 0.4) is 0 Å². The number of nitrogens with zero attached hydrogens (tertiary/aromatic N) is 3. The van der Waals surface area contributed by atoms with E-state index in [1.165, 1.54) is 5.95 Å². The van der Waals surface area contributed by atoms with E-state index in [1.807, 2.05) is 40.6 Å². The number of aromatic nitrogens is 2. The number of imidazole rings is 1. The quantitative estimate of drug-likeness (QED) is 0.381. The van der Waals surface area contributed by atoms with Gasteiger partial charge in [0.25, 0.3) is 0 Å². The number of rotatable bonds is 1. The van der Waals surface area contributed by atoms with Gasteiger partial charge in [-0.2, -0.15) is 0 Å². The van der Waals surface area contributed by atoms with Crippen LogP contribution in [0.5, 0.6) is 0 Å². The Labute approximate surface area is 89.1 Å². The highest BCUT2D eigenvalue weighted by atomic mass is 32.3. The van der Waals surface area contributed by atoms with Gasteiger partial charge in [-0.15, -0.1) is 0 Å². The van der Waals surface area contributed by atoms with Crippen molar-refractivity contribution in [3.8, 4) is 0 Å². The minimum absolute atomic E-state index is 1.19. The summed E-state index contributed by atoms with van der Waals surface area (Å²) in [5.41, 5.74) is 0. The van der Waals surface area contributed by atoms with E-state index in [-0.39, 0.29) is 0 Å². The third-order valence-electron chi connectivity index (χ3n) is 1.54. The van der Waals surface area contributed by atoms with Crippen LogP contribution in [-0.2, 0) is 24.5 Å². The van der Waals surface area contributed by atoms with Crippen LogP contribution >= 0.6 is 0 Å². The van der Waals surface area contributed by atoms with E-state index in [2.05, 4.69) is 14.0 Å². The molecule has 88 valence electrons. The van der Waals surface area contributed by atoms with Gasteiger partial charge in [0.2, 0.25) is 10.4 Å². The lowest BCUT2D eigenvalue weighted by atomic mass is 10.8. The second-order valence-electron chi connectivity index (χ2n) is 3.14. The second-order valence-corrected chi connectivity index (χ2v) is 4.00. The maximum Gasteiger partial charge on any atom is 0.358 e. The topological polar surface area (TPSA) is 89.5 Å². The van der Waals surface area contributed by atoms with Crippen LogP contribution in [0.2, 0.25) is 0 Å². The summed E-state index contributed by atoms with van der Waals surface area (Å²) in [6, 6.07) is 0. The zero-order valence-electron chi connectivity index (χ0n) is 9.08. The van der Waals surface area contributed by atoms with Crippen molar-refractivity contribution < 1.29 is 22.1 Å². The van der Waals surface area contributed by atoms with Crippen molar-refractivity contribution >= 4 is 16.3 Å². The van der Waals surface area contributed by atoms with E-state index < -0.39 is 10.4 Å². The minimum Gasteiger partial charge on any atom is -0.726 e. The molecule has 0 atom stereocenters. The summed E-state index contributed by atoms with van der Waals surface area (Å²) in [6.07, 6.45) is 4.07. The molecule has 0 spiro atoms. The zero-order chi connectivity index (χ0) is 12.2. The number of hydrogen-bond acceptors (Lipinski definition) is 4. The van der Waals surface area contributed by atoms with Crippen molar-refractivity contribution in [3.63, 3.8) is 0 Å². The molecule has 1 aromatic heterocycles. The number of anilines is 1. The van der Waals surface area contributed by atoms with Crippen molar-refractivity contribution in [2.45, 2.75) is 0 Å². The lowest BCUT2D eigenvalue weighted by Gasteiger charge is -2.05. The zero-order valence-corrected chi connectivity index (χ0v) is 9.89. The Morgan fingerprint density at radius 2 is 1.93 bits per heavy atom. The van der Waals surface area contributed by atoms with Gasteiger partial charge in [-0.3, -0.25) is 9.45 Å². The molecule has 0 aliphatic rings. The van der Waals surface area contributed by atoms with Gasteiger partial charge in [-0.1, -0.05) is 0 Å². The molecule has 1 N–H and O–H groups in total. The fourth-order valence-corrected chi connectivity index (χ4v) is 1.21. The molecule has 0 fully saturated rings. The molecule has 0 amide bonds. The summed E-state index contributed by atoms with van der Waals surface area (Å²) in [4.78, 5) is 2.08. The molecule has 0 unspecified atom stereocenters. The SMILES string of the molecule is CN(C)c1n(C)cc[n+]1C.O=S(=O)([O-])O. The van der Waals surface area contributed by atoms with E-state index in [4.69, 9.17) is 17.5 Å². The van der Waals surface area contributed by atoms with Crippen molar-refractivity contribution in [1.82, 2.24) is 4.57 Å². The number of aryl methyl sites for hydroxylation is 2. The summed E-state index contributed by atoms with van der Waals surface area (Å²) in [6.45, 7) is 0. The third kappa shape index (κ3) is 6.05. The van der Waals surface area contributed by atoms with Crippen LogP contribution in [0.1, 0.15) is 0 Å². The van der Waals surface area contributed by atoms with Crippen molar-refractivity contribution in [2.24, 2.45) is 14.1 Å². The Morgan fingerprint density at radius 1 is 1.53 bits per heavy atom. The highest BCUT2D eigenvalue weighted by molar-refractivity contribution is 7.79. The van der Waals surface area contributed by atoms with Gasteiger partial charge < -0.3 is 4.55 Å². The molecular weight excluding hydrogens is 222 g/mol. The first-order chi connectivity index (χ1) is 6.63. The maximum atomic E-state index is 8.63. The average molecular weight is 237 g/mol. The molecule has 0 saturated heterocycles. The molecule has 1 aromatic rings. The summed E-state index contributed by atoms with van der Waals surface area (Å²) in [7, 11) is 3.23. The molecule has 7 nitrogen and oxygen atoms in total. The van der Waals surface area contributed by atoms with E-state index >= 15 is 0 Å². The molecule has 0 aliphatic heterocycles. The normalized spacial score (nSPS) is 10.5. The van der Waals surface area contributed by atoms with Crippen molar-refractivity contribution in [2.75, 3.05) is 19.0 Å². The molecule has 1 rings (SSSR count). The summed E-state index contributed by atoms with van der Waals surface area (Å²) in [5, 5.41) is 0. The van der Waals surface area contributed by atoms with E-state index in [0.717, 1.165) is 0 Å². The monoisotopic (exact) mass is 237 g/mol. The van der Waals surface area contributed by atoms with E-state index in [0.29, 0.717) is 0 Å². The molecule has 0 aromatic carbocycles. The Morgan fingerprint density at radius 3 is 2.07 bits per heavy atom. The molecule has 1 heterocycles. The first kappa shape index (κ1) is 13.9. The molecule has 8 heteroatoms. The summed E-state index contributed by atoms with van der Waals surface area (Å²) >= 11 is 0. The van der Waals surface area contributed by atoms with Crippen molar-refractivity contribution in [3.05, 3.63) is 12.4 Å². The molecule has 0 saturated carbocycles. The summed E-state index contributed by atoms with van der Waals surface area (Å²) in [5.74, 6) is 1.19. The lowest BCUT2D eigenvalue weighted by Crippen LogP contribution is -2.34. The van der Waals surface area contributed by atoms with E-state index in [9.17, 15) is 0 Å². The fourth-order valence-electron chi connectivity index (χ4n) is 1.21. The average Bonchev–Trinajstić information content (AvgIpc) is 2.26. The van der Waals surface area contributed by atoms with Crippen LogP contribution in [0.25, 0.3) is 0 Å². The maximum absolute atomic E-state index is 8.63. The molecule has 0 radical (unpaired) electrons. The lowest BCUT2D eigenvalue weighted by molar-refractivity contribution is -0.657. The van der Waals surface area contributed by atoms with Crippen LogP contribution in [0.4, 0.5) is 5.95 Å². The molecule has 0 bridgehead atoms. The smallest absolute Gasteiger partial charge is 0.358 e. The Kier molecular flexibility index (Phi) is 4.72. The van der Waals surface area contributed by atoms with Crippen LogP contribution in [0, 0.1) is 0 Å². The van der Waals surface area contributed by atoms with Crippen LogP contribution < -0.4 is 9.47 Å². The van der Waals surface area contributed by atoms with E-state index in [1.54, 1.807) is 0 Å². The van der Waals surface area contributed by atoms with Gasteiger partial charge in [-0.25, -0.2) is 17.6 Å². The Bertz CT molecular complexity index is 382. The first-order valence-electron chi connectivity index (χ1n) is 3.99. The largest absolute Gasteiger partial charge is 0.726 e. The fraction of sp³-hybridized carbons (Fsp3) is 0.571. The standard InChI is InChI=1S/C7H14N3.H2O4S/c1-8(2)7-9(3)5-6-10(7)4;1-5(2,3)4/h5-6H,1-4H3;(H2,1,2,3,4)/q+1;/p-1. The minimum atomic E-state index is -4.92. The molecule has 15 heavy (non-hydrogen) atoms. The van der Waals surface area contributed by atoms with Gasteiger partial charge in [0.1, 0.15) is 0 Å². The number of hydrogen-bond donors (Lipinski definition) is 1. The molecule has 0 aliphatic carbocycles. The van der Waals surface area contributed by atoms with Gasteiger partial charge in [0.15, 0.2) is 0 Å². The molecular formula is C7H15N3O4S. The van der Waals surface area contributed by atoms with Crippen LogP contribution in [-0.4, -0.2) is 36.2 Å². The first-order valence-corrected chi connectivity index (χ1v) is 5.36. The third-order valence-corrected chi connectivity index (χ3v) is 1.54. The second kappa shape index (κ2) is 5.10. The van der Waals surface area contributed by atoms with Crippen molar-refractivity contribution in [1.29, 1.82) is 0 Å². The predicted octanol–water partition coefficient (Wildman–Crippen LogP) is -1.08. The highest BCUT2D eigenvalue weighted by Crippen LogP contribution is 2.00. The summed E-state index contributed by atoms with van der Waals surface area (Å²) < 4.78 is 37.0. The van der Waals surface area contributed by atoms with Gasteiger partial charge in [0, 0.05) is 0 Å². The van der Waals surface area contributed by atoms with Crippen LogP contribution in [0.15, 0.2) is 12.4 Å². The predicted molar refractivity (Wildman–Crippen MR) is 53.2 cm³/mol. The van der Waals surface area contributed by atoms with Gasteiger partial charge in [0.05, 0.1) is 40.6 Å². The Balaban J connectivity index is 0.000000336. The van der Waals surface area contributed by atoms with Gasteiger partial charge in [-0.05, 0) is 0 Å².